The summed E-state index contributed by atoms with van der Waals surface area (Å²) in [4.78, 5) is 43.6. The second kappa shape index (κ2) is 15.4. The van der Waals surface area contributed by atoms with Crippen LogP contribution in [0.15, 0.2) is 138 Å². The van der Waals surface area contributed by atoms with Crippen molar-refractivity contribution in [1.82, 2.24) is 15.0 Å². The largest absolute Gasteiger partial charge is 0.442 e. The van der Waals surface area contributed by atoms with Crippen molar-refractivity contribution in [1.29, 1.82) is 0 Å². The lowest BCUT2D eigenvalue weighted by Crippen LogP contribution is -2.36. The van der Waals surface area contributed by atoms with Gasteiger partial charge in [-0.1, -0.05) is 90.1 Å². The number of carbonyl (C=O) groups is 3. The van der Waals surface area contributed by atoms with E-state index in [1.165, 1.54) is 0 Å². The van der Waals surface area contributed by atoms with Gasteiger partial charge in [-0.2, -0.15) is 4.98 Å². The predicted octanol–water partition coefficient (Wildman–Crippen LogP) is 8.54. The third-order valence-electron chi connectivity index (χ3n) is 8.12. The number of hydrogen-bond donors (Lipinski definition) is 0. The molecule has 10 heteroatoms. The fourth-order valence-electron chi connectivity index (χ4n) is 5.50. The molecule has 6 aromatic rings. The Hall–Kier alpha value is -6.06. The number of cyclic esters (lactones) is 1. The summed E-state index contributed by atoms with van der Waals surface area (Å²) in [6.45, 7) is 2.37. The first-order chi connectivity index (χ1) is 24.2. The summed E-state index contributed by atoms with van der Waals surface area (Å²) in [7, 11) is 1.71. The van der Waals surface area contributed by atoms with Crippen LogP contribution in [0.5, 0.6) is 0 Å². The molecule has 0 bridgehead atoms. The van der Waals surface area contributed by atoms with E-state index in [1.54, 1.807) is 35.9 Å². The first kappa shape index (κ1) is 33.8. The third-order valence-corrected chi connectivity index (χ3v) is 8.34. The minimum atomic E-state index is -0.439. The van der Waals surface area contributed by atoms with Crippen LogP contribution in [0, 0.1) is 6.92 Å². The molecule has 0 radical (unpaired) electrons. The Morgan fingerprint density at radius 3 is 1.74 bits per heavy atom. The van der Waals surface area contributed by atoms with Crippen molar-refractivity contribution < 1.29 is 23.6 Å². The minimum absolute atomic E-state index is 0.126. The highest BCUT2D eigenvalue weighted by Crippen LogP contribution is 2.26. The maximum atomic E-state index is 12.9. The number of benzene rings is 5. The zero-order valence-electron chi connectivity index (χ0n) is 27.4. The minimum Gasteiger partial charge on any atom is -0.442 e. The van der Waals surface area contributed by atoms with Crippen LogP contribution >= 0.6 is 11.6 Å². The maximum Gasteiger partial charge on any atom is 0.414 e. The number of rotatable bonds is 8. The number of amides is 2. The van der Waals surface area contributed by atoms with Gasteiger partial charge in [0.15, 0.2) is 0 Å². The Balaban J connectivity index is 0.000000240. The van der Waals surface area contributed by atoms with Crippen LogP contribution in [0.4, 0.5) is 10.5 Å². The average molecular weight is 685 g/mol. The van der Waals surface area contributed by atoms with Crippen LogP contribution < -0.4 is 4.90 Å². The van der Waals surface area contributed by atoms with E-state index in [9.17, 15) is 14.4 Å². The molecule has 1 aliphatic heterocycles. The van der Waals surface area contributed by atoms with Gasteiger partial charge in [-0.25, -0.2) is 4.79 Å². The number of likely N-dealkylation sites (N-methyl/N-ethyl adjacent to an activating group) is 1. The van der Waals surface area contributed by atoms with Crippen molar-refractivity contribution in [2.45, 2.75) is 13.0 Å². The number of anilines is 1. The van der Waals surface area contributed by atoms with Gasteiger partial charge in [0.2, 0.25) is 11.7 Å². The predicted molar refractivity (Wildman–Crippen MR) is 193 cm³/mol. The molecule has 1 aromatic heterocycles. The molecule has 250 valence electrons. The molecule has 2 amide bonds. The molecule has 1 aliphatic rings. The van der Waals surface area contributed by atoms with Crippen LogP contribution in [0.2, 0.25) is 0 Å². The van der Waals surface area contributed by atoms with Gasteiger partial charge in [0.25, 0.3) is 11.1 Å². The van der Waals surface area contributed by atoms with Crippen molar-refractivity contribution in [3.05, 3.63) is 150 Å². The molecule has 50 heavy (non-hydrogen) atoms. The molecule has 1 fully saturated rings. The van der Waals surface area contributed by atoms with Gasteiger partial charge in [-0.15, -0.1) is 0 Å². The fraction of sp³-hybridized carbons (Fsp3) is 0.125. The fourth-order valence-corrected chi connectivity index (χ4v) is 5.63. The maximum absolute atomic E-state index is 12.9. The van der Waals surface area contributed by atoms with E-state index in [0.29, 0.717) is 41.6 Å². The molecule has 0 N–H and O–H groups in total. The summed E-state index contributed by atoms with van der Waals surface area (Å²) < 4.78 is 10.6. The summed E-state index contributed by atoms with van der Waals surface area (Å²) in [6, 6.07) is 42.0. The first-order valence-corrected chi connectivity index (χ1v) is 16.3. The average Bonchev–Trinajstić information content (AvgIpc) is 3.76. The van der Waals surface area contributed by atoms with Gasteiger partial charge in [0.1, 0.15) is 6.10 Å². The number of carbonyl (C=O) groups excluding carboxylic acids is 3. The molecule has 5 aromatic carbocycles. The highest BCUT2D eigenvalue weighted by Gasteiger charge is 2.34. The van der Waals surface area contributed by atoms with Crippen molar-refractivity contribution in [3.8, 4) is 33.6 Å². The Bertz CT molecular complexity index is 2070. The van der Waals surface area contributed by atoms with Crippen molar-refractivity contribution in [2.75, 3.05) is 25.0 Å². The van der Waals surface area contributed by atoms with Gasteiger partial charge in [0, 0.05) is 36.3 Å². The van der Waals surface area contributed by atoms with Gasteiger partial charge >= 0.3 is 6.09 Å². The SMILES string of the molecule is Cc1nc(-c2ccc(N3CC(CN(C)C(=O)c4ccc(-c5ccccc5)cc4)OC3=O)cc2)no1.O=C(Cl)c1ccc(-c2ccccc2)cc1. The lowest BCUT2D eigenvalue weighted by atomic mass is 10.0. The standard InChI is InChI=1S/C27H24N4O4.C13H9ClO/c1-18-28-25(29-35-18)21-12-14-23(15-13-21)31-17-24(34-27(31)33)16-30(2)26(32)22-10-8-20(9-11-22)19-6-4-3-5-7-19;14-13(15)12-8-6-11(7-9-12)10-4-2-1-3-5-10/h3-15,24H,16-17H2,1-2H3;1-9H. The second-order valence-corrected chi connectivity index (χ2v) is 12.0. The zero-order valence-corrected chi connectivity index (χ0v) is 28.2. The second-order valence-electron chi connectivity index (χ2n) is 11.6. The molecular formula is C40H33ClN4O5. The summed E-state index contributed by atoms with van der Waals surface area (Å²) in [5.41, 5.74) is 6.95. The van der Waals surface area contributed by atoms with E-state index in [1.807, 2.05) is 121 Å². The molecule has 0 saturated carbocycles. The summed E-state index contributed by atoms with van der Waals surface area (Å²) in [5, 5.41) is 3.48. The summed E-state index contributed by atoms with van der Waals surface area (Å²) >= 11 is 5.36. The molecule has 2 heterocycles. The Kier molecular flexibility index (Phi) is 10.4. The van der Waals surface area contributed by atoms with E-state index in [4.69, 9.17) is 20.9 Å². The molecule has 0 aliphatic carbocycles. The monoisotopic (exact) mass is 684 g/mol. The number of aromatic nitrogens is 2. The number of ether oxygens (including phenoxy) is 1. The molecule has 7 rings (SSSR count). The first-order valence-electron chi connectivity index (χ1n) is 15.9. The Morgan fingerprint density at radius 1 is 0.740 bits per heavy atom. The number of nitrogens with zero attached hydrogens (tertiary/aromatic N) is 4. The number of aryl methyl sites for hydroxylation is 1. The van der Waals surface area contributed by atoms with Gasteiger partial charge in [-0.3, -0.25) is 14.5 Å². The Morgan fingerprint density at radius 2 is 1.24 bits per heavy atom. The molecule has 0 spiro atoms. The van der Waals surface area contributed by atoms with E-state index >= 15 is 0 Å². The smallest absolute Gasteiger partial charge is 0.414 e. The molecular weight excluding hydrogens is 652 g/mol. The van der Waals surface area contributed by atoms with Crippen LogP contribution in [0.1, 0.15) is 26.6 Å². The van der Waals surface area contributed by atoms with E-state index in [0.717, 1.165) is 27.8 Å². The lowest BCUT2D eigenvalue weighted by molar-refractivity contribution is 0.0694. The van der Waals surface area contributed by atoms with Crippen LogP contribution in [-0.4, -0.2) is 58.5 Å². The molecule has 1 atom stereocenters. The quantitative estimate of drug-likeness (QED) is 0.148. The van der Waals surface area contributed by atoms with Gasteiger partial charge < -0.3 is 14.2 Å². The van der Waals surface area contributed by atoms with Crippen LogP contribution in [0.25, 0.3) is 33.6 Å². The van der Waals surface area contributed by atoms with Crippen LogP contribution in [0.3, 0.4) is 0 Å². The topological polar surface area (TPSA) is 106 Å². The lowest BCUT2D eigenvalue weighted by Gasteiger charge is -2.20. The van der Waals surface area contributed by atoms with Crippen molar-refractivity contribution >= 4 is 34.5 Å². The number of hydrogen-bond acceptors (Lipinski definition) is 7. The summed E-state index contributed by atoms with van der Waals surface area (Å²) in [5.74, 6) is 0.854. The van der Waals surface area contributed by atoms with Gasteiger partial charge in [0.05, 0.1) is 13.1 Å². The highest BCUT2D eigenvalue weighted by atomic mass is 35.5. The highest BCUT2D eigenvalue weighted by molar-refractivity contribution is 6.67. The Labute approximate surface area is 294 Å². The molecule has 1 unspecified atom stereocenters. The normalized spacial score (nSPS) is 13.6. The van der Waals surface area contributed by atoms with E-state index < -0.39 is 17.4 Å². The third kappa shape index (κ3) is 8.14. The van der Waals surface area contributed by atoms with Crippen molar-refractivity contribution in [2.24, 2.45) is 0 Å². The molecule has 1 saturated heterocycles. The van der Waals surface area contributed by atoms with E-state index in [2.05, 4.69) is 10.1 Å². The summed E-state index contributed by atoms with van der Waals surface area (Å²) in [6.07, 6.45) is -0.870. The van der Waals surface area contributed by atoms with Gasteiger partial charge in [-0.05, 0) is 82.4 Å². The molecule has 9 nitrogen and oxygen atoms in total. The zero-order chi connectivity index (χ0) is 35.0. The van der Waals surface area contributed by atoms with Crippen LogP contribution in [-0.2, 0) is 4.74 Å². The van der Waals surface area contributed by atoms with E-state index in [-0.39, 0.29) is 5.91 Å². The number of halogens is 1. The van der Waals surface area contributed by atoms with Crippen molar-refractivity contribution in [3.63, 3.8) is 0 Å².